The number of nitrogens with one attached hydrogen (secondary N) is 1. The minimum atomic E-state index is -3.06. The quantitative estimate of drug-likeness (QED) is 0.847. The Morgan fingerprint density at radius 1 is 1.23 bits per heavy atom. The SMILES string of the molecule is CCc1cccc(CC)c1NC(=O)C1CC(=O)N(C2CCS(=O)(=O)C2)C1. The number of hydrogen-bond donors (Lipinski definition) is 1. The molecule has 2 fully saturated rings. The Morgan fingerprint density at radius 3 is 2.42 bits per heavy atom. The van der Waals surface area contributed by atoms with Crippen LogP contribution >= 0.6 is 0 Å². The zero-order valence-electron chi connectivity index (χ0n) is 15.3. The van der Waals surface area contributed by atoms with Crippen LogP contribution in [0.5, 0.6) is 0 Å². The van der Waals surface area contributed by atoms with Crippen LogP contribution in [0.2, 0.25) is 0 Å². The number of rotatable bonds is 5. The summed E-state index contributed by atoms with van der Waals surface area (Å²) >= 11 is 0. The maximum Gasteiger partial charge on any atom is 0.229 e. The summed E-state index contributed by atoms with van der Waals surface area (Å²) in [6, 6.07) is 5.72. The lowest BCUT2D eigenvalue weighted by Crippen LogP contribution is -2.38. The van der Waals surface area contributed by atoms with Crippen molar-refractivity contribution in [3.05, 3.63) is 29.3 Å². The molecule has 26 heavy (non-hydrogen) atoms. The van der Waals surface area contributed by atoms with Gasteiger partial charge in [-0.25, -0.2) is 8.42 Å². The van der Waals surface area contributed by atoms with Crippen molar-refractivity contribution in [2.45, 2.75) is 45.6 Å². The van der Waals surface area contributed by atoms with Crippen molar-refractivity contribution in [1.82, 2.24) is 4.90 Å². The number of carbonyl (C=O) groups is 2. The van der Waals surface area contributed by atoms with Crippen molar-refractivity contribution >= 4 is 27.3 Å². The maximum absolute atomic E-state index is 12.8. The molecule has 142 valence electrons. The molecule has 2 unspecified atom stereocenters. The van der Waals surface area contributed by atoms with E-state index in [1.54, 1.807) is 4.90 Å². The first-order chi connectivity index (χ1) is 12.3. The molecule has 2 heterocycles. The number of sulfone groups is 1. The van der Waals surface area contributed by atoms with Gasteiger partial charge in [-0.05, 0) is 30.4 Å². The van der Waals surface area contributed by atoms with E-state index in [9.17, 15) is 18.0 Å². The number of benzene rings is 1. The van der Waals surface area contributed by atoms with Gasteiger partial charge in [-0.3, -0.25) is 9.59 Å². The van der Waals surface area contributed by atoms with Crippen LogP contribution in [0.1, 0.15) is 37.8 Å². The van der Waals surface area contributed by atoms with Crippen LogP contribution in [-0.4, -0.2) is 49.2 Å². The summed E-state index contributed by atoms with van der Waals surface area (Å²) in [5, 5.41) is 3.03. The van der Waals surface area contributed by atoms with Gasteiger partial charge in [0.25, 0.3) is 0 Å². The van der Waals surface area contributed by atoms with Gasteiger partial charge in [0.1, 0.15) is 0 Å². The summed E-state index contributed by atoms with van der Waals surface area (Å²) in [4.78, 5) is 26.7. The first-order valence-corrected chi connectivity index (χ1v) is 11.1. The largest absolute Gasteiger partial charge is 0.338 e. The van der Waals surface area contributed by atoms with Gasteiger partial charge < -0.3 is 10.2 Å². The number of amides is 2. The highest BCUT2D eigenvalue weighted by Gasteiger charge is 2.42. The third kappa shape index (κ3) is 3.77. The molecule has 6 nitrogen and oxygen atoms in total. The highest BCUT2D eigenvalue weighted by Crippen LogP contribution is 2.28. The Kier molecular flexibility index (Phi) is 5.37. The van der Waals surface area contributed by atoms with E-state index in [4.69, 9.17) is 0 Å². The lowest BCUT2D eigenvalue weighted by atomic mass is 10.0. The van der Waals surface area contributed by atoms with E-state index in [0.29, 0.717) is 13.0 Å². The lowest BCUT2D eigenvalue weighted by molar-refractivity contribution is -0.129. The Balaban J connectivity index is 1.71. The van der Waals surface area contributed by atoms with Crippen LogP contribution in [0.4, 0.5) is 5.69 Å². The summed E-state index contributed by atoms with van der Waals surface area (Å²) in [6.45, 7) is 4.40. The van der Waals surface area contributed by atoms with Crippen molar-refractivity contribution < 1.29 is 18.0 Å². The van der Waals surface area contributed by atoms with Crippen LogP contribution in [-0.2, 0) is 32.3 Å². The molecular formula is C19H26N2O4S. The third-order valence-corrected chi connectivity index (χ3v) is 7.18. The Labute approximate surface area is 154 Å². The minimum absolute atomic E-state index is 0.0196. The van der Waals surface area contributed by atoms with E-state index < -0.39 is 15.8 Å². The van der Waals surface area contributed by atoms with E-state index in [1.165, 1.54) is 0 Å². The Morgan fingerprint density at radius 2 is 1.88 bits per heavy atom. The normalized spacial score (nSPS) is 24.8. The second-order valence-corrected chi connectivity index (χ2v) is 9.38. The molecule has 3 rings (SSSR count). The number of hydrogen-bond acceptors (Lipinski definition) is 4. The molecule has 1 N–H and O–H groups in total. The Bertz CT molecular complexity index is 797. The van der Waals surface area contributed by atoms with Gasteiger partial charge in [-0.1, -0.05) is 32.0 Å². The van der Waals surface area contributed by atoms with Crippen molar-refractivity contribution in [3.8, 4) is 0 Å². The van der Waals surface area contributed by atoms with Crippen LogP contribution in [0, 0.1) is 5.92 Å². The average Bonchev–Trinajstić information content (AvgIpc) is 3.17. The smallest absolute Gasteiger partial charge is 0.229 e. The molecule has 0 bridgehead atoms. The number of para-hydroxylation sites is 1. The van der Waals surface area contributed by atoms with Gasteiger partial charge in [0, 0.05) is 24.7 Å². The molecule has 2 saturated heterocycles. The van der Waals surface area contributed by atoms with Gasteiger partial charge in [-0.15, -0.1) is 0 Å². The minimum Gasteiger partial charge on any atom is -0.338 e. The molecule has 0 saturated carbocycles. The van der Waals surface area contributed by atoms with Crippen molar-refractivity contribution in [1.29, 1.82) is 0 Å². The summed E-state index contributed by atoms with van der Waals surface area (Å²) in [6.07, 6.45) is 2.26. The van der Waals surface area contributed by atoms with E-state index in [2.05, 4.69) is 5.32 Å². The molecule has 0 aromatic heterocycles. The molecule has 2 atom stereocenters. The fourth-order valence-corrected chi connectivity index (χ4v) is 5.64. The van der Waals surface area contributed by atoms with E-state index in [0.717, 1.165) is 29.7 Å². The molecule has 2 aliphatic rings. The first kappa shape index (κ1) is 18.9. The standard InChI is InChI=1S/C19H26N2O4S/c1-3-13-6-5-7-14(4-2)18(13)20-19(23)15-10-17(22)21(11-15)16-8-9-26(24,25)12-16/h5-7,15-16H,3-4,8-12H2,1-2H3,(H,20,23). The number of aryl methyl sites for hydroxylation is 2. The molecular weight excluding hydrogens is 352 g/mol. The summed E-state index contributed by atoms with van der Waals surface area (Å²) in [7, 11) is -3.06. The second kappa shape index (κ2) is 7.39. The molecule has 0 aliphatic carbocycles. The van der Waals surface area contributed by atoms with Gasteiger partial charge in [0.15, 0.2) is 9.84 Å². The summed E-state index contributed by atoms with van der Waals surface area (Å²) in [5.74, 6) is -0.558. The van der Waals surface area contributed by atoms with Crippen molar-refractivity contribution in [2.75, 3.05) is 23.4 Å². The van der Waals surface area contributed by atoms with Crippen molar-refractivity contribution in [3.63, 3.8) is 0 Å². The highest BCUT2D eigenvalue weighted by molar-refractivity contribution is 7.91. The van der Waals surface area contributed by atoms with Crippen LogP contribution in [0.15, 0.2) is 18.2 Å². The van der Waals surface area contributed by atoms with Gasteiger partial charge >= 0.3 is 0 Å². The molecule has 1 aromatic rings. The molecule has 7 heteroatoms. The van der Waals surface area contributed by atoms with E-state index >= 15 is 0 Å². The van der Waals surface area contributed by atoms with Crippen LogP contribution in [0.25, 0.3) is 0 Å². The molecule has 2 amide bonds. The van der Waals surface area contributed by atoms with Crippen LogP contribution in [0.3, 0.4) is 0 Å². The molecule has 2 aliphatic heterocycles. The second-order valence-electron chi connectivity index (χ2n) is 7.15. The third-order valence-electron chi connectivity index (χ3n) is 5.43. The summed E-state index contributed by atoms with van der Waals surface area (Å²) < 4.78 is 23.4. The number of likely N-dealkylation sites (tertiary alicyclic amines) is 1. The van der Waals surface area contributed by atoms with Gasteiger partial charge in [-0.2, -0.15) is 0 Å². The Hall–Kier alpha value is -1.89. The topological polar surface area (TPSA) is 83.6 Å². The van der Waals surface area contributed by atoms with Crippen LogP contribution < -0.4 is 5.32 Å². The molecule has 0 spiro atoms. The predicted molar refractivity (Wildman–Crippen MR) is 101 cm³/mol. The van der Waals surface area contributed by atoms with Gasteiger partial charge in [0.2, 0.25) is 11.8 Å². The fourth-order valence-electron chi connectivity index (χ4n) is 3.91. The van der Waals surface area contributed by atoms with E-state index in [1.807, 2.05) is 32.0 Å². The van der Waals surface area contributed by atoms with E-state index in [-0.39, 0.29) is 35.8 Å². The monoisotopic (exact) mass is 378 g/mol. The zero-order valence-corrected chi connectivity index (χ0v) is 16.1. The number of anilines is 1. The maximum atomic E-state index is 12.8. The first-order valence-electron chi connectivity index (χ1n) is 9.26. The summed E-state index contributed by atoms with van der Waals surface area (Å²) in [5.41, 5.74) is 3.03. The van der Waals surface area contributed by atoms with Gasteiger partial charge in [0.05, 0.1) is 17.4 Å². The number of nitrogens with zero attached hydrogens (tertiary/aromatic N) is 1. The molecule has 0 radical (unpaired) electrons. The fraction of sp³-hybridized carbons (Fsp3) is 0.579. The van der Waals surface area contributed by atoms with Crippen molar-refractivity contribution in [2.24, 2.45) is 5.92 Å². The predicted octanol–water partition coefficient (Wildman–Crippen LogP) is 1.79. The number of carbonyl (C=O) groups excluding carboxylic acids is 2. The lowest BCUT2D eigenvalue weighted by Gasteiger charge is -2.23. The average molecular weight is 378 g/mol. The molecule has 1 aromatic carbocycles. The zero-order chi connectivity index (χ0) is 18.9. The highest BCUT2D eigenvalue weighted by atomic mass is 32.2.